The first-order valence-corrected chi connectivity index (χ1v) is 5.03. The largest absolute Gasteiger partial charge is 0.393 e. The minimum Gasteiger partial charge on any atom is -0.393 e. The Morgan fingerprint density at radius 1 is 1.00 bits per heavy atom. The summed E-state index contributed by atoms with van der Waals surface area (Å²) < 4.78 is 0. The molecule has 0 aromatic heterocycles. The Bertz CT molecular complexity index is 91.8. The van der Waals surface area contributed by atoms with E-state index >= 15 is 0 Å². The highest BCUT2D eigenvalue weighted by Gasteiger charge is 2.03. The lowest BCUT2D eigenvalue weighted by molar-refractivity contribution is 0.133. The standard InChI is InChI=1S/C10H22O2/c1-3-4-7-10(12)8-5-6-9(2)11/h9-12H,3-8H2,1-2H3. The minimum atomic E-state index is -0.219. The lowest BCUT2D eigenvalue weighted by Gasteiger charge is -2.09. The summed E-state index contributed by atoms with van der Waals surface area (Å²) >= 11 is 0. The first-order chi connectivity index (χ1) is 5.66. The van der Waals surface area contributed by atoms with Gasteiger partial charge in [-0.15, -0.1) is 0 Å². The van der Waals surface area contributed by atoms with Gasteiger partial charge in [-0.3, -0.25) is 0 Å². The topological polar surface area (TPSA) is 40.5 Å². The lowest BCUT2D eigenvalue weighted by atomic mass is 10.1. The van der Waals surface area contributed by atoms with E-state index in [1.807, 2.05) is 0 Å². The van der Waals surface area contributed by atoms with Crippen molar-refractivity contribution in [2.24, 2.45) is 0 Å². The molecule has 74 valence electrons. The van der Waals surface area contributed by atoms with Crippen molar-refractivity contribution in [2.45, 2.75) is 64.6 Å². The van der Waals surface area contributed by atoms with Crippen LogP contribution in [0.2, 0.25) is 0 Å². The summed E-state index contributed by atoms with van der Waals surface area (Å²) in [6.07, 6.45) is 5.38. The van der Waals surface area contributed by atoms with Crippen molar-refractivity contribution in [1.82, 2.24) is 0 Å². The van der Waals surface area contributed by atoms with E-state index in [0.717, 1.165) is 38.5 Å². The summed E-state index contributed by atoms with van der Waals surface area (Å²) in [7, 11) is 0. The first kappa shape index (κ1) is 11.9. The molecule has 0 saturated heterocycles. The van der Waals surface area contributed by atoms with Crippen molar-refractivity contribution >= 4 is 0 Å². The zero-order valence-electron chi connectivity index (χ0n) is 8.29. The summed E-state index contributed by atoms with van der Waals surface area (Å²) in [6, 6.07) is 0. The summed E-state index contributed by atoms with van der Waals surface area (Å²) in [5.74, 6) is 0. The van der Waals surface area contributed by atoms with Crippen LogP contribution in [0.5, 0.6) is 0 Å². The summed E-state index contributed by atoms with van der Waals surface area (Å²) in [4.78, 5) is 0. The molecule has 0 fully saturated rings. The zero-order chi connectivity index (χ0) is 9.40. The van der Waals surface area contributed by atoms with Gasteiger partial charge in [-0.2, -0.15) is 0 Å². The molecule has 0 radical (unpaired) electrons. The summed E-state index contributed by atoms with van der Waals surface area (Å²) in [5.41, 5.74) is 0. The maximum absolute atomic E-state index is 9.41. The molecule has 0 aromatic carbocycles. The van der Waals surface area contributed by atoms with E-state index in [-0.39, 0.29) is 12.2 Å². The highest BCUT2D eigenvalue weighted by atomic mass is 16.3. The van der Waals surface area contributed by atoms with Crippen LogP contribution >= 0.6 is 0 Å². The van der Waals surface area contributed by atoms with Crippen molar-refractivity contribution in [2.75, 3.05) is 0 Å². The molecule has 0 saturated carbocycles. The fourth-order valence-corrected chi connectivity index (χ4v) is 1.23. The Morgan fingerprint density at radius 2 is 1.58 bits per heavy atom. The van der Waals surface area contributed by atoms with Gasteiger partial charge in [-0.25, -0.2) is 0 Å². The van der Waals surface area contributed by atoms with E-state index in [1.165, 1.54) is 0 Å². The number of hydrogen-bond donors (Lipinski definition) is 2. The Hall–Kier alpha value is -0.0800. The van der Waals surface area contributed by atoms with E-state index in [1.54, 1.807) is 6.92 Å². The van der Waals surface area contributed by atoms with Crippen LogP contribution in [0.4, 0.5) is 0 Å². The zero-order valence-corrected chi connectivity index (χ0v) is 8.29. The molecule has 0 amide bonds. The number of rotatable bonds is 7. The summed E-state index contributed by atoms with van der Waals surface area (Å²) in [5, 5.41) is 18.4. The van der Waals surface area contributed by atoms with Gasteiger partial charge in [-0.05, 0) is 32.6 Å². The molecular formula is C10H22O2. The molecule has 2 atom stereocenters. The Kier molecular flexibility index (Phi) is 7.51. The van der Waals surface area contributed by atoms with Crippen LogP contribution in [0.3, 0.4) is 0 Å². The molecular weight excluding hydrogens is 152 g/mol. The van der Waals surface area contributed by atoms with Crippen LogP contribution in [0.15, 0.2) is 0 Å². The van der Waals surface area contributed by atoms with E-state index in [0.29, 0.717) is 0 Å². The number of aliphatic hydroxyl groups excluding tert-OH is 2. The third-order valence-electron chi connectivity index (χ3n) is 2.05. The molecule has 2 heteroatoms. The molecule has 0 aliphatic rings. The van der Waals surface area contributed by atoms with Gasteiger partial charge in [0.15, 0.2) is 0 Å². The molecule has 0 aliphatic heterocycles. The van der Waals surface area contributed by atoms with Crippen molar-refractivity contribution < 1.29 is 10.2 Å². The fraction of sp³-hybridized carbons (Fsp3) is 1.00. The van der Waals surface area contributed by atoms with Crippen molar-refractivity contribution in [3.05, 3.63) is 0 Å². The van der Waals surface area contributed by atoms with Crippen LogP contribution in [0, 0.1) is 0 Å². The molecule has 0 rings (SSSR count). The highest BCUT2D eigenvalue weighted by Crippen LogP contribution is 2.09. The van der Waals surface area contributed by atoms with Gasteiger partial charge in [0.05, 0.1) is 12.2 Å². The molecule has 0 heterocycles. The van der Waals surface area contributed by atoms with Crippen molar-refractivity contribution in [3.8, 4) is 0 Å². The SMILES string of the molecule is CCCCC(O)CCCC(C)O. The van der Waals surface area contributed by atoms with Gasteiger partial charge in [-0.1, -0.05) is 19.8 Å². The van der Waals surface area contributed by atoms with Gasteiger partial charge in [0.25, 0.3) is 0 Å². The third-order valence-corrected chi connectivity index (χ3v) is 2.05. The maximum atomic E-state index is 9.41. The van der Waals surface area contributed by atoms with Crippen LogP contribution in [0.1, 0.15) is 52.4 Å². The van der Waals surface area contributed by atoms with Crippen molar-refractivity contribution in [1.29, 1.82) is 0 Å². The number of aliphatic hydroxyl groups is 2. The van der Waals surface area contributed by atoms with E-state index in [2.05, 4.69) is 6.92 Å². The molecule has 0 aromatic rings. The van der Waals surface area contributed by atoms with E-state index in [4.69, 9.17) is 5.11 Å². The second-order valence-electron chi connectivity index (χ2n) is 3.58. The Morgan fingerprint density at radius 3 is 2.08 bits per heavy atom. The Balaban J connectivity index is 3.13. The van der Waals surface area contributed by atoms with Gasteiger partial charge < -0.3 is 10.2 Å². The number of hydrogen-bond acceptors (Lipinski definition) is 2. The molecule has 0 bridgehead atoms. The molecule has 12 heavy (non-hydrogen) atoms. The van der Waals surface area contributed by atoms with Crippen LogP contribution < -0.4 is 0 Å². The monoisotopic (exact) mass is 174 g/mol. The van der Waals surface area contributed by atoms with Gasteiger partial charge in [0.2, 0.25) is 0 Å². The highest BCUT2D eigenvalue weighted by molar-refractivity contribution is 4.57. The average molecular weight is 174 g/mol. The van der Waals surface area contributed by atoms with Crippen LogP contribution in [0.25, 0.3) is 0 Å². The van der Waals surface area contributed by atoms with Crippen molar-refractivity contribution in [3.63, 3.8) is 0 Å². The molecule has 2 unspecified atom stereocenters. The van der Waals surface area contributed by atoms with Crippen LogP contribution in [-0.4, -0.2) is 22.4 Å². The fourth-order valence-electron chi connectivity index (χ4n) is 1.23. The normalized spacial score (nSPS) is 16.0. The maximum Gasteiger partial charge on any atom is 0.0540 e. The quantitative estimate of drug-likeness (QED) is 0.620. The summed E-state index contributed by atoms with van der Waals surface area (Å²) in [6.45, 7) is 3.92. The average Bonchev–Trinajstić information content (AvgIpc) is 2.00. The predicted octanol–water partition coefficient (Wildman–Crippen LogP) is 2.09. The van der Waals surface area contributed by atoms with E-state index in [9.17, 15) is 5.11 Å². The third kappa shape index (κ3) is 8.02. The van der Waals surface area contributed by atoms with Crippen LogP contribution in [-0.2, 0) is 0 Å². The minimum absolute atomic E-state index is 0.149. The van der Waals surface area contributed by atoms with Gasteiger partial charge in [0.1, 0.15) is 0 Å². The molecule has 0 aliphatic carbocycles. The second kappa shape index (κ2) is 7.56. The lowest BCUT2D eigenvalue weighted by Crippen LogP contribution is -2.08. The second-order valence-corrected chi connectivity index (χ2v) is 3.58. The Labute approximate surface area is 75.6 Å². The van der Waals surface area contributed by atoms with E-state index < -0.39 is 0 Å². The number of unbranched alkanes of at least 4 members (excludes halogenated alkanes) is 1. The molecule has 2 N–H and O–H groups in total. The first-order valence-electron chi connectivity index (χ1n) is 5.03. The molecule has 2 nitrogen and oxygen atoms in total. The van der Waals surface area contributed by atoms with Gasteiger partial charge in [0, 0.05) is 0 Å². The molecule has 0 spiro atoms. The van der Waals surface area contributed by atoms with Gasteiger partial charge >= 0.3 is 0 Å². The smallest absolute Gasteiger partial charge is 0.0540 e. The predicted molar refractivity (Wildman–Crippen MR) is 51.1 cm³/mol.